The molecule has 0 saturated carbocycles. The van der Waals surface area contributed by atoms with Crippen molar-refractivity contribution < 1.29 is 18.3 Å². The Kier molecular flexibility index (Phi) is 5.47. The largest absolute Gasteiger partial charge is 0.401 e. The molecule has 1 aliphatic heterocycles. The van der Waals surface area contributed by atoms with Crippen LogP contribution in [-0.4, -0.2) is 59.8 Å². The number of rotatable bonds is 4. The molecule has 0 spiro atoms. The van der Waals surface area contributed by atoms with Gasteiger partial charge in [0.2, 0.25) is 0 Å². The molecular formula is C16H23F3N2O. The maximum absolute atomic E-state index is 12.5. The molecule has 1 heterocycles. The van der Waals surface area contributed by atoms with E-state index >= 15 is 0 Å². The van der Waals surface area contributed by atoms with Gasteiger partial charge in [-0.3, -0.25) is 9.80 Å². The van der Waals surface area contributed by atoms with E-state index in [0.717, 1.165) is 11.1 Å². The molecule has 0 bridgehead atoms. The zero-order valence-corrected chi connectivity index (χ0v) is 13.0. The molecule has 1 aromatic carbocycles. The number of halogens is 3. The standard InChI is InChI=1S/C16H23F3N2O/c1-12-3-5-14(6-4-12)15(22)10-20-7-8-21(13(2)9-20)11-16(17,18)19/h3-6,13,15,22H,7-11H2,1-2H3. The zero-order valence-electron chi connectivity index (χ0n) is 13.0. The number of β-amino-alcohol motifs (C(OH)–C–C–N with tert-alkyl or cyclic N) is 1. The average Bonchev–Trinajstić information content (AvgIpc) is 2.41. The zero-order chi connectivity index (χ0) is 16.3. The van der Waals surface area contributed by atoms with E-state index in [1.54, 1.807) is 6.92 Å². The number of alkyl halides is 3. The van der Waals surface area contributed by atoms with Crippen molar-refractivity contribution in [1.82, 2.24) is 9.80 Å². The summed E-state index contributed by atoms with van der Waals surface area (Å²) in [5.41, 5.74) is 1.97. The van der Waals surface area contributed by atoms with Crippen molar-refractivity contribution in [3.63, 3.8) is 0 Å². The molecule has 1 N–H and O–H groups in total. The fourth-order valence-corrected chi connectivity index (χ4v) is 2.84. The van der Waals surface area contributed by atoms with Gasteiger partial charge in [-0.05, 0) is 19.4 Å². The van der Waals surface area contributed by atoms with Gasteiger partial charge in [0.05, 0.1) is 12.6 Å². The number of benzene rings is 1. The summed E-state index contributed by atoms with van der Waals surface area (Å²) in [5.74, 6) is 0. The van der Waals surface area contributed by atoms with E-state index < -0.39 is 18.8 Å². The average molecular weight is 316 g/mol. The third-order valence-electron chi connectivity index (χ3n) is 4.12. The van der Waals surface area contributed by atoms with Crippen molar-refractivity contribution >= 4 is 0 Å². The molecular weight excluding hydrogens is 293 g/mol. The van der Waals surface area contributed by atoms with Crippen LogP contribution in [0.15, 0.2) is 24.3 Å². The van der Waals surface area contributed by atoms with E-state index in [-0.39, 0.29) is 6.04 Å². The Morgan fingerprint density at radius 3 is 2.41 bits per heavy atom. The SMILES string of the molecule is Cc1ccc(C(O)CN2CCN(CC(F)(F)F)C(C)C2)cc1. The predicted octanol–water partition coefficient (Wildman–Crippen LogP) is 2.60. The highest BCUT2D eigenvalue weighted by molar-refractivity contribution is 5.23. The lowest BCUT2D eigenvalue weighted by Crippen LogP contribution is -2.54. The fraction of sp³-hybridized carbons (Fsp3) is 0.625. The van der Waals surface area contributed by atoms with Crippen LogP contribution >= 0.6 is 0 Å². The highest BCUT2D eigenvalue weighted by Crippen LogP contribution is 2.22. The Balaban J connectivity index is 1.87. The Morgan fingerprint density at radius 1 is 1.23 bits per heavy atom. The Labute approximate surface area is 129 Å². The second-order valence-corrected chi connectivity index (χ2v) is 6.12. The Hall–Kier alpha value is -1.11. The topological polar surface area (TPSA) is 26.7 Å². The van der Waals surface area contributed by atoms with Crippen LogP contribution in [-0.2, 0) is 0 Å². The molecule has 2 unspecified atom stereocenters. The van der Waals surface area contributed by atoms with E-state index in [9.17, 15) is 18.3 Å². The van der Waals surface area contributed by atoms with Gasteiger partial charge in [0.15, 0.2) is 0 Å². The van der Waals surface area contributed by atoms with Gasteiger partial charge in [0.1, 0.15) is 0 Å². The Bertz CT molecular complexity index is 475. The molecule has 1 fully saturated rings. The maximum Gasteiger partial charge on any atom is 0.401 e. The first kappa shape index (κ1) is 17.2. The molecule has 1 saturated heterocycles. The van der Waals surface area contributed by atoms with Crippen molar-refractivity contribution in [3.05, 3.63) is 35.4 Å². The molecule has 124 valence electrons. The van der Waals surface area contributed by atoms with Crippen LogP contribution in [0.1, 0.15) is 24.2 Å². The summed E-state index contributed by atoms with van der Waals surface area (Å²) in [4.78, 5) is 3.48. The second-order valence-electron chi connectivity index (χ2n) is 6.12. The fourth-order valence-electron chi connectivity index (χ4n) is 2.84. The molecule has 2 atom stereocenters. The lowest BCUT2D eigenvalue weighted by Gasteiger charge is -2.40. The minimum atomic E-state index is -4.15. The monoisotopic (exact) mass is 316 g/mol. The number of aryl methyl sites for hydroxylation is 1. The molecule has 2 rings (SSSR count). The number of aliphatic hydroxyl groups is 1. The van der Waals surface area contributed by atoms with Gasteiger partial charge in [0, 0.05) is 32.2 Å². The first-order valence-corrected chi connectivity index (χ1v) is 7.52. The van der Waals surface area contributed by atoms with Gasteiger partial charge in [-0.25, -0.2) is 0 Å². The lowest BCUT2D eigenvalue weighted by atomic mass is 10.1. The normalized spacial score (nSPS) is 22.7. The van der Waals surface area contributed by atoms with Crippen LogP contribution in [0.3, 0.4) is 0 Å². The van der Waals surface area contributed by atoms with Crippen LogP contribution < -0.4 is 0 Å². The Morgan fingerprint density at radius 2 is 1.86 bits per heavy atom. The van der Waals surface area contributed by atoms with Gasteiger partial charge in [0.25, 0.3) is 0 Å². The van der Waals surface area contributed by atoms with Crippen molar-refractivity contribution in [1.29, 1.82) is 0 Å². The van der Waals surface area contributed by atoms with Crippen LogP contribution in [0.5, 0.6) is 0 Å². The molecule has 0 aliphatic carbocycles. The number of piperazine rings is 1. The van der Waals surface area contributed by atoms with Crippen molar-refractivity contribution in [2.24, 2.45) is 0 Å². The van der Waals surface area contributed by atoms with Crippen LogP contribution in [0.4, 0.5) is 13.2 Å². The highest BCUT2D eigenvalue weighted by Gasteiger charge is 2.35. The van der Waals surface area contributed by atoms with E-state index in [1.807, 2.05) is 36.1 Å². The molecule has 0 radical (unpaired) electrons. The van der Waals surface area contributed by atoms with Crippen molar-refractivity contribution in [2.45, 2.75) is 32.2 Å². The van der Waals surface area contributed by atoms with Crippen molar-refractivity contribution in [3.8, 4) is 0 Å². The van der Waals surface area contributed by atoms with Crippen LogP contribution in [0, 0.1) is 6.92 Å². The third-order valence-corrected chi connectivity index (χ3v) is 4.12. The molecule has 6 heteroatoms. The van der Waals surface area contributed by atoms with Crippen molar-refractivity contribution in [2.75, 3.05) is 32.7 Å². The third kappa shape index (κ3) is 4.97. The summed E-state index contributed by atoms with van der Waals surface area (Å²) < 4.78 is 37.4. The highest BCUT2D eigenvalue weighted by atomic mass is 19.4. The summed E-state index contributed by atoms with van der Waals surface area (Å²) >= 11 is 0. The summed E-state index contributed by atoms with van der Waals surface area (Å²) in [6.45, 7) is 4.84. The maximum atomic E-state index is 12.5. The number of hydrogen-bond acceptors (Lipinski definition) is 3. The molecule has 3 nitrogen and oxygen atoms in total. The van der Waals surface area contributed by atoms with E-state index in [2.05, 4.69) is 0 Å². The van der Waals surface area contributed by atoms with Gasteiger partial charge in [-0.15, -0.1) is 0 Å². The molecule has 0 aromatic heterocycles. The molecule has 0 amide bonds. The van der Waals surface area contributed by atoms with Gasteiger partial charge >= 0.3 is 6.18 Å². The predicted molar refractivity (Wildman–Crippen MR) is 79.7 cm³/mol. The smallest absolute Gasteiger partial charge is 0.387 e. The quantitative estimate of drug-likeness (QED) is 0.925. The minimum absolute atomic E-state index is 0.166. The summed E-state index contributed by atoms with van der Waals surface area (Å²) in [6, 6.07) is 7.51. The summed E-state index contributed by atoms with van der Waals surface area (Å²) in [7, 11) is 0. The first-order valence-electron chi connectivity index (χ1n) is 7.52. The summed E-state index contributed by atoms with van der Waals surface area (Å²) in [6.07, 6.45) is -4.76. The number of hydrogen-bond donors (Lipinski definition) is 1. The second kappa shape index (κ2) is 6.98. The molecule has 1 aliphatic rings. The first-order chi connectivity index (χ1) is 10.2. The van der Waals surface area contributed by atoms with E-state index in [1.165, 1.54) is 4.90 Å². The molecule has 1 aromatic rings. The van der Waals surface area contributed by atoms with Gasteiger partial charge in [-0.2, -0.15) is 13.2 Å². The van der Waals surface area contributed by atoms with Crippen LogP contribution in [0.25, 0.3) is 0 Å². The number of aliphatic hydroxyl groups excluding tert-OH is 1. The number of nitrogens with zero attached hydrogens (tertiary/aromatic N) is 2. The minimum Gasteiger partial charge on any atom is -0.387 e. The van der Waals surface area contributed by atoms with E-state index in [4.69, 9.17) is 0 Å². The van der Waals surface area contributed by atoms with Gasteiger partial charge < -0.3 is 5.11 Å². The van der Waals surface area contributed by atoms with E-state index in [0.29, 0.717) is 26.2 Å². The van der Waals surface area contributed by atoms with Crippen LogP contribution in [0.2, 0.25) is 0 Å². The van der Waals surface area contributed by atoms with Gasteiger partial charge in [-0.1, -0.05) is 29.8 Å². The molecule has 22 heavy (non-hydrogen) atoms. The summed E-state index contributed by atoms with van der Waals surface area (Å²) in [5, 5.41) is 10.3. The lowest BCUT2D eigenvalue weighted by molar-refractivity contribution is -0.155.